The van der Waals surface area contributed by atoms with E-state index in [0.29, 0.717) is 11.6 Å². The molecule has 2 aromatic rings. The summed E-state index contributed by atoms with van der Waals surface area (Å²) in [6, 6.07) is 4.17. The molecule has 28 heavy (non-hydrogen) atoms. The minimum Gasteiger partial charge on any atom is -0.475 e. The number of alkyl halides is 3. The number of anilines is 1. The third-order valence-electron chi connectivity index (χ3n) is 4.28. The third kappa shape index (κ3) is 6.48. The van der Waals surface area contributed by atoms with Crippen molar-refractivity contribution < 1.29 is 28.2 Å². The van der Waals surface area contributed by atoms with Gasteiger partial charge in [-0.3, -0.25) is 4.68 Å². The molecule has 0 atom stereocenters. The lowest BCUT2D eigenvalue weighted by atomic mass is 9.97. The van der Waals surface area contributed by atoms with Crippen molar-refractivity contribution in [3.63, 3.8) is 0 Å². The first-order valence-corrected chi connectivity index (χ1v) is 8.66. The van der Waals surface area contributed by atoms with E-state index in [0.717, 1.165) is 38.3 Å². The van der Waals surface area contributed by atoms with Crippen molar-refractivity contribution in [3.05, 3.63) is 35.8 Å². The highest BCUT2D eigenvalue weighted by molar-refractivity contribution is 5.73. The minimum atomic E-state index is -5.08. The van der Waals surface area contributed by atoms with E-state index in [9.17, 15) is 13.2 Å². The number of aliphatic hydroxyl groups is 1. The summed E-state index contributed by atoms with van der Waals surface area (Å²) < 4.78 is 33.6. The van der Waals surface area contributed by atoms with Gasteiger partial charge >= 0.3 is 12.1 Å². The Morgan fingerprint density at radius 1 is 1.32 bits per heavy atom. The van der Waals surface area contributed by atoms with Crippen LogP contribution in [0.15, 0.2) is 24.5 Å². The zero-order valence-electron chi connectivity index (χ0n) is 15.3. The number of hydrogen-bond donors (Lipinski definition) is 2. The van der Waals surface area contributed by atoms with Crippen molar-refractivity contribution in [2.45, 2.75) is 39.1 Å². The molecule has 0 spiro atoms. The van der Waals surface area contributed by atoms with Crippen molar-refractivity contribution in [2.24, 2.45) is 5.92 Å². The summed E-state index contributed by atoms with van der Waals surface area (Å²) in [6.07, 6.45) is 0.880. The number of aromatic nitrogens is 4. The standard InChI is InChI=1S/C15H21N5O.C2HF3O2/c1-12-2-5-16-15(8-12)19-6-3-13(4-7-19)9-20-10-14(11-21)17-18-20;3-2(4,5)1(6)7/h2,5,8,10,13,21H,3-4,6-7,9,11H2,1H3;(H,6,7). The number of aliphatic hydroxyl groups excluding tert-OH is 1. The maximum atomic E-state index is 10.6. The molecule has 3 heterocycles. The number of aliphatic carboxylic acids is 1. The highest BCUT2D eigenvalue weighted by Gasteiger charge is 2.38. The number of carboxylic acids is 1. The number of rotatable bonds is 4. The van der Waals surface area contributed by atoms with Crippen LogP contribution in [-0.4, -0.2) is 55.4 Å². The third-order valence-corrected chi connectivity index (χ3v) is 4.28. The Hall–Kier alpha value is -2.69. The lowest BCUT2D eigenvalue weighted by Crippen LogP contribution is -2.35. The molecular weight excluding hydrogens is 379 g/mol. The van der Waals surface area contributed by atoms with E-state index >= 15 is 0 Å². The summed E-state index contributed by atoms with van der Waals surface area (Å²) >= 11 is 0. The van der Waals surface area contributed by atoms with Gasteiger partial charge in [-0.05, 0) is 43.4 Å². The van der Waals surface area contributed by atoms with E-state index in [2.05, 4.69) is 33.2 Å². The number of hydrogen-bond acceptors (Lipinski definition) is 6. The molecule has 0 saturated carbocycles. The summed E-state index contributed by atoms with van der Waals surface area (Å²) in [5, 5.41) is 24.1. The van der Waals surface area contributed by atoms with Gasteiger partial charge in [0, 0.05) is 25.8 Å². The van der Waals surface area contributed by atoms with Gasteiger partial charge < -0.3 is 15.1 Å². The van der Waals surface area contributed by atoms with Gasteiger partial charge in [-0.2, -0.15) is 13.2 Å². The molecule has 154 valence electrons. The molecule has 0 aliphatic carbocycles. The fraction of sp³-hybridized carbons (Fsp3) is 0.529. The second kappa shape index (κ2) is 9.49. The maximum Gasteiger partial charge on any atom is 0.490 e. The van der Waals surface area contributed by atoms with Crippen LogP contribution in [0.4, 0.5) is 19.0 Å². The zero-order valence-corrected chi connectivity index (χ0v) is 15.3. The van der Waals surface area contributed by atoms with E-state index in [1.807, 2.05) is 23.1 Å². The Morgan fingerprint density at radius 3 is 2.46 bits per heavy atom. The quantitative estimate of drug-likeness (QED) is 0.808. The fourth-order valence-corrected chi connectivity index (χ4v) is 2.80. The Balaban J connectivity index is 0.000000345. The number of aryl methyl sites for hydroxylation is 1. The van der Waals surface area contributed by atoms with Crippen molar-refractivity contribution in [1.29, 1.82) is 0 Å². The van der Waals surface area contributed by atoms with Crippen LogP contribution < -0.4 is 4.90 Å². The molecular formula is C17H22F3N5O3. The number of nitrogens with zero attached hydrogens (tertiary/aromatic N) is 5. The number of carboxylic acid groups (broad SMARTS) is 1. The average molecular weight is 401 g/mol. The molecule has 0 aromatic carbocycles. The first-order valence-electron chi connectivity index (χ1n) is 8.66. The Kier molecular flexibility index (Phi) is 7.32. The summed E-state index contributed by atoms with van der Waals surface area (Å²) in [5.74, 6) is -1.07. The molecule has 0 unspecified atom stereocenters. The first-order chi connectivity index (χ1) is 13.2. The Bertz CT molecular complexity index is 773. The monoisotopic (exact) mass is 401 g/mol. The molecule has 0 radical (unpaired) electrons. The molecule has 0 bridgehead atoms. The first kappa shape index (κ1) is 21.6. The molecule has 1 saturated heterocycles. The fourth-order valence-electron chi connectivity index (χ4n) is 2.80. The van der Waals surface area contributed by atoms with E-state index in [4.69, 9.17) is 15.0 Å². The predicted molar refractivity (Wildman–Crippen MR) is 93.5 cm³/mol. The van der Waals surface area contributed by atoms with Crippen molar-refractivity contribution >= 4 is 11.8 Å². The van der Waals surface area contributed by atoms with Crippen LogP contribution in [0.2, 0.25) is 0 Å². The number of piperidine rings is 1. The lowest BCUT2D eigenvalue weighted by Gasteiger charge is -2.32. The number of pyridine rings is 1. The molecule has 3 rings (SSSR count). The van der Waals surface area contributed by atoms with Gasteiger partial charge in [0.15, 0.2) is 0 Å². The van der Waals surface area contributed by atoms with Gasteiger partial charge in [-0.25, -0.2) is 9.78 Å². The van der Waals surface area contributed by atoms with Crippen LogP contribution in [0.25, 0.3) is 0 Å². The molecule has 2 aromatic heterocycles. The van der Waals surface area contributed by atoms with Crippen LogP contribution >= 0.6 is 0 Å². The van der Waals surface area contributed by atoms with Crippen LogP contribution in [0.5, 0.6) is 0 Å². The summed E-state index contributed by atoms with van der Waals surface area (Å²) in [6.45, 7) is 4.99. The van der Waals surface area contributed by atoms with Crippen LogP contribution in [-0.2, 0) is 17.9 Å². The Morgan fingerprint density at radius 2 is 1.96 bits per heavy atom. The molecule has 2 N–H and O–H groups in total. The molecule has 1 aliphatic heterocycles. The van der Waals surface area contributed by atoms with Gasteiger partial charge in [0.25, 0.3) is 0 Å². The van der Waals surface area contributed by atoms with Crippen molar-refractivity contribution in [1.82, 2.24) is 20.0 Å². The molecule has 1 fully saturated rings. The van der Waals surface area contributed by atoms with E-state index in [-0.39, 0.29) is 6.61 Å². The van der Waals surface area contributed by atoms with Crippen LogP contribution in [0, 0.1) is 12.8 Å². The summed E-state index contributed by atoms with van der Waals surface area (Å²) in [7, 11) is 0. The van der Waals surface area contributed by atoms with Crippen molar-refractivity contribution in [2.75, 3.05) is 18.0 Å². The lowest BCUT2D eigenvalue weighted by molar-refractivity contribution is -0.192. The second-order valence-electron chi connectivity index (χ2n) is 6.51. The van der Waals surface area contributed by atoms with E-state index in [1.54, 1.807) is 0 Å². The normalized spacial score (nSPS) is 15.1. The highest BCUT2D eigenvalue weighted by Crippen LogP contribution is 2.23. The topological polar surface area (TPSA) is 104 Å². The molecule has 11 heteroatoms. The zero-order chi connectivity index (χ0) is 20.7. The SMILES string of the molecule is Cc1ccnc(N2CCC(Cn3cc(CO)nn3)CC2)c1.O=C(O)C(F)(F)F. The average Bonchev–Trinajstić information content (AvgIpc) is 3.10. The van der Waals surface area contributed by atoms with Gasteiger partial charge in [-0.1, -0.05) is 5.21 Å². The number of carbonyl (C=O) groups is 1. The summed E-state index contributed by atoms with van der Waals surface area (Å²) in [5.41, 5.74) is 1.89. The van der Waals surface area contributed by atoms with Crippen molar-refractivity contribution in [3.8, 4) is 0 Å². The van der Waals surface area contributed by atoms with Crippen LogP contribution in [0.1, 0.15) is 24.1 Å². The Labute approximate surface area is 159 Å². The van der Waals surface area contributed by atoms with Gasteiger partial charge in [0.05, 0.1) is 12.8 Å². The summed E-state index contributed by atoms with van der Waals surface area (Å²) in [4.78, 5) is 15.7. The molecule has 8 nitrogen and oxygen atoms in total. The van der Waals surface area contributed by atoms with Crippen LogP contribution in [0.3, 0.4) is 0 Å². The van der Waals surface area contributed by atoms with Gasteiger partial charge in [-0.15, -0.1) is 5.10 Å². The number of halogens is 3. The maximum absolute atomic E-state index is 10.6. The minimum absolute atomic E-state index is 0.0442. The van der Waals surface area contributed by atoms with E-state index < -0.39 is 12.1 Å². The molecule has 0 amide bonds. The van der Waals surface area contributed by atoms with Gasteiger partial charge in [0.2, 0.25) is 0 Å². The van der Waals surface area contributed by atoms with E-state index in [1.165, 1.54) is 5.56 Å². The largest absolute Gasteiger partial charge is 0.490 e. The predicted octanol–water partition coefficient (Wildman–Crippen LogP) is 2.02. The molecule has 1 aliphatic rings. The van der Waals surface area contributed by atoms with Gasteiger partial charge in [0.1, 0.15) is 11.5 Å². The smallest absolute Gasteiger partial charge is 0.475 e. The highest BCUT2D eigenvalue weighted by atomic mass is 19.4. The second-order valence-corrected chi connectivity index (χ2v) is 6.51.